The van der Waals surface area contributed by atoms with E-state index in [0.29, 0.717) is 23.9 Å². The Morgan fingerprint density at radius 3 is 2.43 bits per heavy atom. The number of carbonyl (C=O) groups excluding carboxylic acids is 1. The van der Waals surface area contributed by atoms with Crippen LogP contribution in [0.2, 0.25) is 0 Å². The molecule has 0 unspecified atom stereocenters. The number of allylic oxidation sites excluding steroid dienone is 1. The lowest BCUT2D eigenvalue weighted by molar-refractivity contribution is -0.116. The monoisotopic (exact) mass is 381 g/mol. The average Bonchev–Trinajstić information content (AvgIpc) is 2.67. The lowest BCUT2D eigenvalue weighted by atomic mass is 9.54. The predicted octanol–water partition coefficient (Wildman–Crippen LogP) is 4.75. The second-order valence-electron chi connectivity index (χ2n) is 8.69. The summed E-state index contributed by atoms with van der Waals surface area (Å²) in [5.41, 5.74) is 3.06. The SMILES string of the molecule is CCCNC(=O)/C=C/c1ccc(C(OC)=C2C3CC4CC(C3)CC2C4)cc1O. The lowest BCUT2D eigenvalue weighted by Crippen LogP contribution is -2.40. The minimum atomic E-state index is -0.140. The molecule has 0 aliphatic heterocycles. The molecule has 0 aromatic heterocycles. The van der Waals surface area contributed by atoms with E-state index in [9.17, 15) is 9.90 Å². The Hall–Kier alpha value is -2.23. The summed E-state index contributed by atoms with van der Waals surface area (Å²) < 4.78 is 5.89. The summed E-state index contributed by atoms with van der Waals surface area (Å²) in [6.45, 7) is 2.67. The Morgan fingerprint density at radius 1 is 1.18 bits per heavy atom. The van der Waals surface area contributed by atoms with Gasteiger partial charge in [-0.25, -0.2) is 0 Å². The van der Waals surface area contributed by atoms with Crippen LogP contribution in [0.15, 0.2) is 29.8 Å². The van der Waals surface area contributed by atoms with Crippen LogP contribution in [0.4, 0.5) is 0 Å². The fraction of sp³-hybridized carbons (Fsp3) is 0.542. The van der Waals surface area contributed by atoms with Crippen molar-refractivity contribution in [3.05, 3.63) is 41.0 Å². The van der Waals surface area contributed by atoms with Crippen LogP contribution in [0.5, 0.6) is 5.75 Å². The first kappa shape index (κ1) is 19.1. The molecule has 1 aromatic carbocycles. The number of methoxy groups -OCH3 is 1. The highest BCUT2D eigenvalue weighted by molar-refractivity contribution is 5.92. The van der Waals surface area contributed by atoms with Gasteiger partial charge in [0.1, 0.15) is 11.5 Å². The minimum Gasteiger partial charge on any atom is -0.507 e. The number of ether oxygens (including phenoxy) is 1. The molecular weight excluding hydrogens is 350 g/mol. The van der Waals surface area contributed by atoms with Gasteiger partial charge >= 0.3 is 0 Å². The van der Waals surface area contributed by atoms with Gasteiger partial charge in [-0.15, -0.1) is 0 Å². The molecular formula is C24H31NO3. The van der Waals surface area contributed by atoms with Crippen LogP contribution >= 0.6 is 0 Å². The molecule has 4 aliphatic rings. The van der Waals surface area contributed by atoms with E-state index in [2.05, 4.69) is 5.32 Å². The zero-order chi connectivity index (χ0) is 19.7. The molecule has 0 radical (unpaired) electrons. The molecule has 4 bridgehead atoms. The van der Waals surface area contributed by atoms with Crippen molar-refractivity contribution in [2.24, 2.45) is 23.7 Å². The zero-order valence-corrected chi connectivity index (χ0v) is 16.9. The van der Waals surface area contributed by atoms with Gasteiger partial charge in [0.2, 0.25) is 5.91 Å². The van der Waals surface area contributed by atoms with Crippen molar-refractivity contribution in [3.8, 4) is 5.75 Å². The van der Waals surface area contributed by atoms with E-state index < -0.39 is 0 Å². The Labute approximate surface area is 167 Å². The highest BCUT2D eigenvalue weighted by atomic mass is 16.5. The number of amides is 1. The van der Waals surface area contributed by atoms with Gasteiger partial charge in [0.15, 0.2) is 0 Å². The normalized spacial score (nSPS) is 28.0. The summed E-state index contributed by atoms with van der Waals surface area (Å²) in [6.07, 6.45) is 10.7. The average molecular weight is 382 g/mol. The molecule has 4 aliphatic carbocycles. The maximum atomic E-state index is 11.7. The summed E-state index contributed by atoms with van der Waals surface area (Å²) in [5.74, 6) is 4.11. The van der Waals surface area contributed by atoms with Gasteiger partial charge in [0.05, 0.1) is 7.11 Å². The number of phenolic OH excluding ortho intramolecular Hbond substituents is 1. The lowest BCUT2D eigenvalue weighted by Gasteiger charge is -2.51. The minimum absolute atomic E-state index is 0.140. The van der Waals surface area contributed by atoms with Gasteiger partial charge in [0, 0.05) is 23.7 Å². The Bertz CT molecular complexity index is 778. The second kappa shape index (κ2) is 8.02. The number of rotatable bonds is 6. The van der Waals surface area contributed by atoms with Crippen molar-refractivity contribution < 1.29 is 14.6 Å². The first-order valence-corrected chi connectivity index (χ1v) is 10.7. The molecule has 4 saturated carbocycles. The maximum Gasteiger partial charge on any atom is 0.244 e. The van der Waals surface area contributed by atoms with Crippen molar-refractivity contribution >= 4 is 17.7 Å². The molecule has 0 spiro atoms. The number of phenols is 1. The van der Waals surface area contributed by atoms with Gasteiger partial charge in [-0.2, -0.15) is 0 Å². The Kier molecular flexibility index (Phi) is 5.47. The largest absolute Gasteiger partial charge is 0.507 e. The van der Waals surface area contributed by atoms with Gasteiger partial charge in [-0.05, 0) is 79.9 Å². The zero-order valence-electron chi connectivity index (χ0n) is 16.9. The first-order valence-electron chi connectivity index (χ1n) is 10.7. The molecule has 1 amide bonds. The van der Waals surface area contributed by atoms with Gasteiger partial charge < -0.3 is 15.2 Å². The highest BCUT2D eigenvalue weighted by Gasteiger charge is 2.46. The molecule has 5 rings (SSSR count). The third kappa shape index (κ3) is 3.69. The number of hydrogen-bond donors (Lipinski definition) is 2. The smallest absolute Gasteiger partial charge is 0.244 e. The number of benzene rings is 1. The molecule has 28 heavy (non-hydrogen) atoms. The summed E-state index contributed by atoms with van der Waals surface area (Å²) in [4.78, 5) is 11.7. The predicted molar refractivity (Wildman–Crippen MR) is 111 cm³/mol. The molecule has 4 heteroatoms. The van der Waals surface area contributed by atoms with Crippen molar-refractivity contribution in [2.75, 3.05) is 13.7 Å². The fourth-order valence-electron chi connectivity index (χ4n) is 5.76. The van der Waals surface area contributed by atoms with Crippen LogP contribution < -0.4 is 5.32 Å². The van der Waals surface area contributed by atoms with Crippen LogP contribution in [-0.2, 0) is 9.53 Å². The second-order valence-corrected chi connectivity index (χ2v) is 8.69. The van der Waals surface area contributed by atoms with Crippen molar-refractivity contribution in [2.45, 2.75) is 45.4 Å². The van der Waals surface area contributed by atoms with E-state index in [1.807, 2.05) is 19.1 Å². The van der Waals surface area contributed by atoms with Crippen molar-refractivity contribution in [1.29, 1.82) is 0 Å². The highest BCUT2D eigenvalue weighted by Crippen LogP contribution is 2.58. The molecule has 0 heterocycles. The van der Waals surface area contributed by atoms with Crippen LogP contribution in [0, 0.1) is 23.7 Å². The standard InChI is InChI=1S/C24H31NO3/c1-3-8-25-22(27)7-6-17-4-5-18(14-21(17)26)24(28-2)23-19-10-15-9-16(12-19)13-20(23)11-15/h4-7,14-16,19-20,26H,3,8-13H2,1-2H3,(H,25,27)/b7-6+,24-23?. The molecule has 4 fully saturated rings. The third-order valence-electron chi connectivity index (χ3n) is 6.74. The molecule has 0 atom stereocenters. The van der Waals surface area contributed by atoms with Gasteiger partial charge in [0.25, 0.3) is 0 Å². The maximum absolute atomic E-state index is 11.7. The summed E-state index contributed by atoms with van der Waals surface area (Å²) >= 11 is 0. The van der Waals surface area contributed by atoms with E-state index in [-0.39, 0.29) is 11.7 Å². The van der Waals surface area contributed by atoms with Crippen LogP contribution in [0.3, 0.4) is 0 Å². The number of hydrogen-bond acceptors (Lipinski definition) is 3. The van der Waals surface area contributed by atoms with Gasteiger partial charge in [-0.3, -0.25) is 4.79 Å². The molecule has 1 aromatic rings. The summed E-state index contributed by atoms with van der Waals surface area (Å²) in [6, 6.07) is 5.64. The summed E-state index contributed by atoms with van der Waals surface area (Å²) in [7, 11) is 1.75. The molecule has 4 nitrogen and oxygen atoms in total. The van der Waals surface area contributed by atoms with E-state index in [1.54, 1.807) is 19.3 Å². The number of carbonyl (C=O) groups is 1. The molecule has 0 saturated heterocycles. The number of aromatic hydroxyl groups is 1. The van der Waals surface area contributed by atoms with E-state index in [0.717, 1.165) is 29.6 Å². The third-order valence-corrected chi connectivity index (χ3v) is 6.74. The van der Waals surface area contributed by atoms with Crippen LogP contribution in [0.25, 0.3) is 11.8 Å². The van der Waals surface area contributed by atoms with E-state index in [1.165, 1.54) is 43.8 Å². The van der Waals surface area contributed by atoms with Crippen LogP contribution in [0.1, 0.15) is 56.6 Å². The summed E-state index contributed by atoms with van der Waals surface area (Å²) in [5, 5.41) is 13.3. The van der Waals surface area contributed by atoms with E-state index >= 15 is 0 Å². The Morgan fingerprint density at radius 2 is 1.86 bits per heavy atom. The van der Waals surface area contributed by atoms with Crippen LogP contribution in [-0.4, -0.2) is 24.7 Å². The number of nitrogens with one attached hydrogen (secondary N) is 1. The van der Waals surface area contributed by atoms with Crippen molar-refractivity contribution in [3.63, 3.8) is 0 Å². The fourth-order valence-corrected chi connectivity index (χ4v) is 5.76. The van der Waals surface area contributed by atoms with Gasteiger partial charge in [-0.1, -0.05) is 19.1 Å². The Balaban J connectivity index is 1.58. The molecule has 150 valence electrons. The molecule has 2 N–H and O–H groups in total. The quantitative estimate of drug-likeness (QED) is 0.552. The first-order chi connectivity index (χ1) is 13.6. The topological polar surface area (TPSA) is 58.6 Å². The van der Waals surface area contributed by atoms with Crippen molar-refractivity contribution in [1.82, 2.24) is 5.32 Å². The van der Waals surface area contributed by atoms with E-state index in [4.69, 9.17) is 4.74 Å².